The van der Waals surface area contributed by atoms with Crippen LogP contribution in [0.4, 0.5) is 17.6 Å². The fourth-order valence-electron chi connectivity index (χ4n) is 2.67. The summed E-state index contributed by atoms with van der Waals surface area (Å²) in [6.45, 7) is 1.70. The van der Waals surface area contributed by atoms with E-state index < -0.39 is 23.5 Å². The second-order valence-electron chi connectivity index (χ2n) is 7.87. The third kappa shape index (κ3) is 8.99. The highest BCUT2D eigenvalue weighted by Gasteiger charge is 2.35. The van der Waals surface area contributed by atoms with E-state index in [-0.39, 0.29) is 11.8 Å². The molecule has 0 aliphatic heterocycles. The molecule has 0 saturated heterocycles. The van der Waals surface area contributed by atoms with Gasteiger partial charge in [0.2, 0.25) is 0 Å². The zero-order valence-electron chi connectivity index (χ0n) is 17.7. The minimum atomic E-state index is -4.59. The second kappa shape index (κ2) is 11.2. The summed E-state index contributed by atoms with van der Waals surface area (Å²) in [4.78, 5) is 10.6. The van der Waals surface area contributed by atoms with Crippen molar-refractivity contribution in [1.29, 1.82) is 0 Å². The van der Waals surface area contributed by atoms with Gasteiger partial charge in [0.25, 0.3) is 0 Å². The normalized spacial score (nSPS) is 15.5. The van der Waals surface area contributed by atoms with Gasteiger partial charge in [-0.05, 0) is 60.6 Å². The predicted molar refractivity (Wildman–Crippen MR) is 111 cm³/mol. The Kier molecular flexibility index (Phi) is 8.89. The van der Waals surface area contributed by atoms with Crippen molar-refractivity contribution >= 4 is 5.97 Å². The maximum Gasteiger partial charge on any atom is 0.419 e. The lowest BCUT2D eigenvalue weighted by Crippen LogP contribution is -2.12. The zero-order chi connectivity index (χ0) is 23.0. The average Bonchev–Trinajstić information content (AvgIpc) is 3.59. The molecule has 170 valence electrons. The Bertz CT molecular complexity index is 855. The summed E-state index contributed by atoms with van der Waals surface area (Å²) < 4.78 is 54.7. The van der Waals surface area contributed by atoms with Crippen LogP contribution in [0, 0.1) is 11.7 Å². The van der Waals surface area contributed by atoms with Gasteiger partial charge in [0.05, 0.1) is 18.6 Å². The Hall–Kier alpha value is -2.57. The Morgan fingerprint density at radius 3 is 2.26 bits per heavy atom. The molecule has 7 heteroatoms. The first-order valence-electron chi connectivity index (χ1n) is 10.3. The summed E-state index contributed by atoms with van der Waals surface area (Å²) in [6, 6.07) is 10.7. The SMILES string of the molecule is C1CC1.COc1cccc(CC(C)C(=O)O)c1.Fc1ccc(C2CC2)cc1C(F)(F)F. The Morgan fingerprint density at radius 1 is 1.13 bits per heavy atom. The first-order valence-corrected chi connectivity index (χ1v) is 10.3. The summed E-state index contributed by atoms with van der Waals surface area (Å²) in [7, 11) is 1.60. The lowest BCUT2D eigenvalue weighted by Gasteiger charge is -2.09. The molecule has 0 bridgehead atoms. The monoisotopic (exact) mass is 440 g/mol. The standard InChI is InChI=1S/C11H14O3.C10H8F4.C3H6/c1-8(11(12)13)6-9-4-3-5-10(7-9)14-2;11-9-4-3-7(6-1-2-6)5-8(9)10(12,13)14;1-2-3-1/h3-5,7-8H,6H2,1-2H3,(H,12,13);3-6H,1-2H2;1-3H2. The lowest BCUT2D eigenvalue weighted by atomic mass is 10.0. The van der Waals surface area contributed by atoms with Crippen molar-refractivity contribution < 1.29 is 32.2 Å². The quantitative estimate of drug-likeness (QED) is 0.517. The van der Waals surface area contributed by atoms with E-state index in [0.717, 1.165) is 36.3 Å². The molecule has 1 N–H and O–H groups in total. The van der Waals surface area contributed by atoms with Gasteiger partial charge in [-0.3, -0.25) is 4.79 Å². The summed E-state index contributed by atoms with van der Waals surface area (Å²) in [6.07, 6.45) is 2.26. The first kappa shape index (κ1) is 24.7. The molecule has 1 atom stereocenters. The molecule has 2 fully saturated rings. The van der Waals surface area contributed by atoms with Crippen LogP contribution in [-0.4, -0.2) is 18.2 Å². The average molecular weight is 440 g/mol. The van der Waals surface area contributed by atoms with Gasteiger partial charge in [0.1, 0.15) is 11.6 Å². The minimum absolute atomic E-state index is 0.205. The van der Waals surface area contributed by atoms with Gasteiger partial charge in [0, 0.05) is 0 Å². The first-order chi connectivity index (χ1) is 14.6. The fourth-order valence-corrected chi connectivity index (χ4v) is 2.67. The maximum atomic E-state index is 12.8. The number of halogens is 4. The second-order valence-corrected chi connectivity index (χ2v) is 7.87. The van der Waals surface area contributed by atoms with E-state index in [9.17, 15) is 22.4 Å². The van der Waals surface area contributed by atoms with Crippen molar-refractivity contribution in [2.24, 2.45) is 5.92 Å². The number of hydrogen-bond donors (Lipinski definition) is 1. The van der Waals surface area contributed by atoms with Gasteiger partial charge in [0.15, 0.2) is 0 Å². The molecule has 1 unspecified atom stereocenters. The van der Waals surface area contributed by atoms with Crippen LogP contribution >= 0.6 is 0 Å². The summed E-state index contributed by atoms with van der Waals surface area (Å²) in [5.74, 6) is -1.35. The number of rotatable bonds is 5. The maximum absolute atomic E-state index is 12.8. The molecule has 0 radical (unpaired) electrons. The van der Waals surface area contributed by atoms with Gasteiger partial charge in [-0.1, -0.05) is 44.4 Å². The van der Waals surface area contributed by atoms with E-state index in [0.29, 0.717) is 12.0 Å². The van der Waals surface area contributed by atoms with Crippen LogP contribution in [0.1, 0.15) is 61.6 Å². The predicted octanol–water partition coefficient (Wildman–Crippen LogP) is 6.85. The van der Waals surface area contributed by atoms with Crippen LogP contribution in [0.3, 0.4) is 0 Å². The number of benzene rings is 2. The number of aliphatic carboxylic acids is 1. The van der Waals surface area contributed by atoms with Crippen molar-refractivity contribution in [2.75, 3.05) is 7.11 Å². The van der Waals surface area contributed by atoms with E-state index in [4.69, 9.17) is 9.84 Å². The molecule has 0 spiro atoms. The van der Waals surface area contributed by atoms with Crippen LogP contribution in [0.25, 0.3) is 0 Å². The lowest BCUT2D eigenvalue weighted by molar-refractivity contribution is -0.141. The Labute approximate surface area is 180 Å². The van der Waals surface area contributed by atoms with Crippen LogP contribution in [0.15, 0.2) is 42.5 Å². The molecular weight excluding hydrogens is 412 g/mol. The topological polar surface area (TPSA) is 46.5 Å². The zero-order valence-corrected chi connectivity index (χ0v) is 17.7. The molecule has 2 aliphatic rings. The van der Waals surface area contributed by atoms with E-state index in [1.807, 2.05) is 24.3 Å². The molecule has 2 aromatic rings. The molecule has 2 aliphatic carbocycles. The molecule has 31 heavy (non-hydrogen) atoms. The van der Waals surface area contributed by atoms with Gasteiger partial charge in [-0.25, -0.2) is 4.39 Å². The van der Waals surface area contributed by atoms with E-state index in [1.54, 1.807) is 14.0 Å². The largest absolute Gasteiger partial charge is 0.497 e. The molecule has 3 nitrogen and oxygen atoms in total. The number of carbonyl (C=O) groups is 1. The highest BCUT2D eigenvalue weighted by Crippen LogP contribution is 2.42. The Morgan fingerprint density at radius 2 is 1.77 bits per heavy atom. The third-order valence-corrected chi connectivity index (χ3v) is 4.80. The minimum Gasteiger partial charge on any atom is -0.497 e. The molecule has 2 saturated carbocycles. The van der Waals surface area contributed by atoms with E-state index in [1.165, 1.54) is 25.3 Å². The molecular formula is C24H28F4O3. The van der Waals surface area contributed by atoms with Crippen molar-refractivity contribution in [3.8, 4) is 5.75 Å². The van der Waals surface area contributed by atoms with Crippen LogP contribution < -0.4 is 4.74 Å². The molecule has 4 rings (SSSR count). The van der Waals surface area contributed by atoms with E-state index in [2.05, 4.69) is 0 Å². The molecule has 0 amide bonds. The fraction of sp³-hybridized carbons (Fsp3) is 0.458. The van der Waals surface area contributed by atoms with Crippen LogP contribution in [0.5, 0.6) is 5.75 Å². The number of carboxylic acids is 1. The number of alkyl halides is 3. The molecule has 0 heterocycles. The third-order valence-electron chi connectivity index (χ3n) is 4.80. The van der Waals surface area contributed by atoms with E-state index >= 15 is 0 Å². The highest BCUT2D eigenvalue weighted by molar-refractivity contribution is 5.69. The molecule has 0 aromatic heterocycles. The van der Waals surface area contributed by atoms with Gasteiger partial charge < -0.3 is 9.84 Å². The van der Waals surface area contributed by atoms with Crippen molar-refractivity contribution in [3.63, 3.8) is 0 Å². The molecule has 2 aromatic carbocycles. The highest BCUT2D eigenvalue weighted by atomic mass is 19.4. The number of ether oxygens (including phenoxy) is 1. The van der Waals surface area contributed by atoms with Crippen LogP contribution in [0.2, 0.25) is 0 Å². The summed E-state index contributed by atoms with van der Waals surface area (Å²) in [5.41, 5.74) is 0.430. The number of hydrogen-bond acceptors (Lipinski definition) is 2. The summed E-state index contributed by atoms with van der Waals surface area (Å²) >= 11 is 0. The van der Waals surface area contributed by atoms with Crippen molar-refractivity contribution in [2.45, 2.75) is 57.5 Å². The van der Waals surface area contributed by atoms with Gasteiger partial charge >= 0.3 is 12.1 Å². The Balaban J connectivity index is 0.000000193. The smallest absolute Gasteiger partial charge is 0.419 e. The summed E-state index contributed by atoms with van der Waals surface area (Å²) in [5, 5.41) is 8.74. The number of carboxylic acid groups (broad SMARTS) is 1. The van der Waals surface area contributed by atoms with Crippen molar-refractivity contribution in [3.05, 3.63) is 65.0 Å². The number of methoxy groups -OCH3 is 1. The van der Waals surface area contributed by atoms with Crippen LogP contribution in [-0.2, 0) is 17.4 Å². The van der Waals surface area contributed by atoms with Gasteiger partial charge in [-0.15, -0.1) is 0 Å². The van der Waals surface area contributed by atoms with Crippen molar-refractivity contribution in [1.82, 2.24) is 0 Å². The van der Waals surface area contributed by atoms with Gasteiger partial charge in [-0.2, -0.15) is 13.2 Å².